The summed E-state index contributed by atoms with van der Waals surface area (Å²) in [5.41, 5.74) is 0. The molecule has 0 radical (unpaired) electrons. The number of hydrogen-bond acceptors (Lipinski definition) is 6. The van der Waals surface area contributed by atoms with Gasteiger partial charge in [0, 0.05) is 0 Å². The summed E-state index contributed by atoms with van der Waals surface area (Å²) in [6, 6.07) is 0. The molecule has 0 heterocycles. The Morgan fingerprint density at radius 2 is 1.22 bits per heavy atom. The van der Waals surface area contributed by atoms with Gasteiger partial charge in [-0.15, -0.1) is 0 Å². The largest absolute Gasteiger partial charge is 0.219 e. The molecule has 6 nitrogen and oxygen atoms in total. The van der Waals surface area contributed by atoms with Crippen LogP contribution in [0.3, 0.4) is 0 Å². The molecule has 0 bridgehead atoms. The average Bonchev–Trinajstić information content (AvgIpc) is 2.39. The molecule has 0 aliphatic carbocycles. The zero-order valence-electron chi connectivity index (χ0n) is 11.3. The van der Waals surface area contributed by atoms with E-state index in [1.807, 2.05) is 0 Å². The fraction of sp³-hybridized carbons (Fsp3) is 1.00. The highest BCUT2D eigenvalue weighted by Gasteiger charge is 1.94. The standard InChI is InChI=1S/C12H26O6/c1-2-3-4-5-6-7-8-9-10-11-12-14-16-18-17-15-13/h13H,2-12H2,1H3. The maximum Gasteiger partial charge on any atom is 0.0855 e. The molecule has 0 fully saturated rings. The Morgan fingerprint density at radius 1 is 0.667 bits per heavy atom. The van der Waals surface area contributed by atoms with Crippen LogP contribution in [0.15, 0.2) is 0 Å². The molecular weight excluding hydrogens is 240 g/mol. The fourth-order valence-electron chi connectivity index (χ4n) is 1.73. The van der Waals surface area contributed by atoms with Crippen molar-refractivity contribution in [3.63, 3.8) is 0 Å². The highest BCUT2D eigenvalue weighted by Crippen LogP contribution is 2.10. The lowest BCUT2D eigenvalue weighted by Crippen LogP contribution is -1.99. The molecule has 0 unspecified atom stereocenters. The molecule has 0 rings (SSSR count). The Balaban J connectivity index is 2.86. The lowest BCUT2D eigenvalue weighted by Gasteiger charge is -2.02. The van der Waals surface area contributed by atoms with E-state index in [2.05, 4.69) is 32.0 Å². The van der Waals surface area contributed by atoms with Crippen molar-refractivity contribution >= 4 is 0 Å². The van der Waals surface area contributed by atoms with E-state index in [4.69, 9.17) is 5.26 Å². The third kappa shape index (κ3) is 15.8. The summed E-state index contributed by atoms with van der Waals surface area (Å²) in [6.45, 7) is 2.66. The second kappa shape index (κ2) is 16.8. The molecule has 1 N–H and O–H groups in total. The molecule has 0 aromatic rings. The molecule has 0 spiro atoms. The van der Waals surface area contributed by atoms with Gasteiger partial charge in [0.25, 0.3) is 0 Å². The van der Waals surface area contributed by atoms with Crippen molar-refractivity contribution in [2.45, 2.75) is 71.1 Å². The monoisotopic (exact) mass is 266 g/mol. The SMILES string of the molecule is CCCCCCCCCCCCOOOOOO. The van der Waals surface area contributed by atoms with Crippen LogP contribution in [0, 0.1) is 0 Å². The highest BCUT2D eigenvalue weighted by molar-refractivity contribution is 4.46. The predicted octanol–water partition coefficient (Wildman–Crippen LogP) is 4.12. The lowest BCUT2D eigenvalue weighted by atomic mass is 10.1. The van der Waals surface area contributed by atoms with E-state index >= 15 is 0 Å². The summed E-state index contributed by atoms with van der Waals surface area (Å²) in [6.07, 6.45) is 12.6. The van der Waals surface area contributed by atoms with Gasteiger partial charge in [-0.3, -0.25) is 0 Å². The summed E-state index contributed by atoms with van der Waals surface area (Å²) >= 11 is 0. The van der Waals surface area contributed by atoms with Crippen molar-refractivity contribution < 1.29 is 30.3 Å². The van der Waals surface area contributed by atoms with Gasteiger partial charge in [0.05, 0.1) is 6.61 Å². The van der Waals surface area contributed by atoms with Crippen molar-refractivity contribution in [1.82, 2.24) is 0 Å². The Bertz CT molecular complexity index is 129. The van der Waals surface area contributed by atoms with Gasteiger partial charge in [0.1, 0.15) is 0 Å². The van der Waals surface area contributed by atoms with Crippen LogP contribution in [0.25, 0.3) is 0 Å². The zero-order valence-corrected chi connectivity index (χ0v) is 11.3. The molecule has 0 aromatic heterocycles. The average molecular weight is 266 g/mol. The van der Waals surface area contributed by atoms with Crippen LogP contribution in [0.5, 0.6) is 0 Å². The van der Waals surface area contributed by atoms with Gasteiger partial charge in [-0.25, -0.2) is 10.1 Å². The molecule has 0 aromatic carbocycles. The van der Waals surface area contributed by atoms with E-state index in [9.17, 15) is 0 Å². The van der Waals surface area contributed by atoms with Crippen LogP contribution in [-0.4, -0.2) is 11.9 Å². The zero-order chi connectivity index (χ0) is 13.3. The van der Waals surface area contributed by atoms with Gasteiger partial charge < -0.3 is 0 Å². The second-order valence-electron chi connectivity index (χ2n) is 4.28. The fourth-order valence-corrected chi connectivity index (χ4v) is 1.73. The summed E-state index contributed by atoms with van der Waals surface area (Å²) in [5.74, 6) is 0. The minimum absolute atomic E-state index is 0.422. The molecule has 0 saturated heterocycles. The number of rotatable bonds is 15. The molecule has 0 atom stereocenters. The van der Waals surface area contributed by atoms with Crippen molar-refractivity contribution in [2.24, 2.45) is 0 Å². The van der Waals surface area contributed by atoms with Crippen molar-refractivity contribution in [2.75, 3.05) is 6.61 Å². The van der Waals surface area contributed by atoms with E-state index in [0.717, 1.165) is 12.8 Å². The highest BCUT2D eigenvalue weighted by atomic mass is 17.8. The summed E-state index contributed by atoms with van der Waals surface area (Å²) in [5, 5.41) is 22.2. The molecule has 18 heavy (non-hydrogen) atoms. The predicted molar refractivity (Wildman–Crippen MR) is 64.8 cm³/mol. The Morgan fingerprint density at radius 3 is 1.78 bits per heavy atom. The van der Waals surface area contributed by atoms with E-state index in [-0.39, 0.29) is 0 Å². The molecular formula is C12H26O6. The van der Waals surface area contributed by atoms with Gasteiger partial charge in [0.15, 0.2) is 0 Å². The van der Waals surface area contributed by atoms with Gasteiger partial charge in [-0.1, -0.05) is 64.7 Å². The summed E-state index contributed by atoms with van der Waals surface area (Å²) in [7, 11) is 0. The van der Waals surface area contributed by atoms with E-state index in [0.29, 0.717) is 6.61 Å². The number of unbranched alkanes of at least 4 members (excludes halogenated alkanes) is 9. The molecule has 0 aliphatic heterocycles. The third-order valence-corrected chi connectivity index (χ3v) is 2.72. The summed E-state index contributed by atoms with van der Waals surface area (Å²) < 4.78 is 0. The summed E-state index contributed by atoms with van der Waals surface area (Å²) in [4.78, 5) is 4.57. The first-order valence-electron chi connectivity index (χ1n) is 6.85. The van der Waals surface area contributed by atoms with Crippen molar-refractivity contribution in [3.05, 3.63) is 0 Å². The molecule has 6 heteroatoms. The van der Waals surface area contributed by atoms with Crippen LogP contribution in [0.1, 0.15) is 71.1 Å². The first-order valence-corrected chi connectivity index (χ1v) is 6.85. The van der Waals surface area contributed by atoms with E-state index in [1.165, 1.54) is 51.4 Å². The second-order valence-corrected chi connectivity index (χ2v) is 4.28. The van der Waals surface area contributed by atoms with Crippen LogP contribution < -0.4 is 0 Å². The number of hydrogen-bond donors (Lipinski definition) is 1. The van der Waals surface area contributed by atoms with Crippen molar-refractivity contribution in [3.8, 4) is 0 Å². The van der Waals surface area contributed by atoms with Gasteiger partial charge in [-0.05, 0) is 26.6 Å². The van der Waals surface area contributed by atoms with E-state index < -0.39 is 0 Å². The van der Waals surface area contributed by atoms with Crippen LogP contribution in [-0.2, 0) is 25.0 Å². The van der Waals surface area contributed by atoms with E-state index in [1.54, 1.807) is 0 Å². The Kier molecular flexibility index (Phi) is 16.5. The minimum Gasteiger partial charge on any atom is -0.219 e. The van der Waals surface area contributed by atoms with Crippen LogP contribution in [0.4, 0.5) is 0 Å². The topological polar surface area (TPSA) is 66.4 Å². The Hall–Kier alpha value is -0.240. The molecule has 0 amide bonds. The molecule has 0 saturated carbocycles. The smallest absolute Gasteiger partial charge is 0.0855 e. The molecule has 110 valence electrons. The first-order chi connectivity index (χ1) is 8.91. The van der Waals surface area contributed by atoms with Gasteiger partial charge in [-0.2, -0.15) is 0 Å². The minimum atomic E-state index is 0.422. The van der Waals surface area contributed by atoms with Crippen LogP contribution >= 0.6 is 0 Å². The maximum atomic E-state index is 7.67. The van der Waals surface area contributed by atoms with Crippen LogP contribution in [0.2, 0.25) is 0 Å². The van der Waals surface area contributed by atoms with Gasteiger partial charge >= 0.3 is 0 Å². The quantitative estimate of drug-likeness (QED) is 0.273. The first kappa shape index (κ1) is 17.8. The van der Waals surface area contributed by atoms with Gasteiger partial charge in [0.2, 0.25) is 0 Å². The van der Waals surface area contributed by atoms with Crippen molar-refractivity contribution in [1.29, 1.82) is 0 Å². The maximum absolute atomic E-state index is 7.67. The Labute approximate surface area is 109 Å². The normalized spacial score (nSPS) is 11.0. The lowest BCUT2D eigenvalue weighted by molar-refractivity contribution is -0.753. The molecule has 0 aliphatic rings. The third-order valence-electron chi connectivity index (χ3n) is 2.72.